The molecule has 0 aliphatic rings. The predicted octanol–water partition coefficient (Wildman–Crippen LogP) is 3.13. The van der Waals surface area contributed by atoms with Crippen LogP contribution in [-0.4, -0.2) is 10.1 Å². The fourth-order valence-corrected chi connectivity index (χ4v) is 2.95. The fourth-order valence-electron chi connectivity index (χ4n) is 1.88. The highest BCUT2D eigenvalue weighted by atomic mass is 32.1. The molecular weight excluding hydrogens is 244 g/mol. The second-order valence-corrected chi connectivity index (χ2v) is 5.17. The van der Waals surface area contributed by atoms with Crippen LogP contribution in [0.25, 0.3) is 20.7 Å². The Balaban J connectivity index is 2.13. The molecule has 0 unspecified atom stereocenters. The summed E-state index contributed by atoms with van der Waals surface area (Å²) in [5, 5.41) is 10.6. The number of phenols is 1. The molecular formula is C14H12N2OS. The number of hydrogen-bond acceptors (Lipinski definition) is 4. The third-order valence-electron chi connectivity index (χ3n) is 2.82. The molecule has 1 aromatic carbocycles. The van der Waals surface area contributed by atoms with E-state index in [1.165, 1.54) is 0 Å². The van der Waals surface area contributed by atoms with Crippen LogP contribution >= 0.6 is 11.3 Å². The van der Waals surface area contributed by atoms with Gasteiger partial charge < -0.3 is 10.8 Å². The van der Waals surface area contributed by atoms with Gasteiger partial charge in [0.05, 0.1) is 10.6 Å². The molecule has 0 fully saturated rings. The minimum Gasteiger partial charge on any atom is -0.508 e. The third-order valence-corrected chi connectivity index (χ3v) is 3.94. The van der Waals surface area contributed by atoms with Gasteiger partial charge in [-0.15, -0.1) is 11.3 Å². The molecule has 0 spiro atoms. The van der Waals surface area contributed by atoms with Crippen LogP contribution in [0.1, 0.15) is 5.56 Å². The number of thiophene rings is 1. The quantitative estimate of drug-likeness (QED) is 0.740. The van der Waals surface area contributed by atoms with E-state index in [0.717, 1.165) is 26.2 Å². The SMILES string of the molecule is NCc1ccnc(-c2cc3ccc(O)cc3s2)c1. The van der Waals surface area contributed by atoms with E-state index in [4.69, 9.17) is 5.73 Å². The lowest BCUT2D eigenvalue weighted by atomic mass is 10.2. The Hall–Kier alpha value is -1.91. The summed E-state index contributed by atoms with van der Waals surface area (Å²) in [5.74, 6) is 0.291. The van der Waals surface area contributed by atoms with E-state index in [2.05, 4.69) is 11.1 Å². The van der Waals surface area contributed by atoms with Crippen molar-refractivity contribution in [3.05, 3.63) is 48.2 Å². The van der Waals surface area contributed by atoms with Gasteiger partial charge in [-0.2, -0.15) is 0 Å². The van der Waals surface area contributed by atoms with Crippen molar-refractivity contribution in [2.75, 3.05) is 0 Å². The molecule has 3 nitrogen and oxygen atoms in total. The molecule has 0 saturated carbocycles. The normalized spacial score (nSPS) is 10.9. The number of nitrogens with zero attached hydrogens (tertiary/aromatic N) is 1. The lowest BCUT2D eigenvalue weighted by molar-refractivity contribution is 0.476. The smallest absolute Gasteiger partial charge is 0.117 e. The van der Waals surface area contributed by atoms with Crippen molar-refractivity contribution in [3.63, 3.8) is 0 Å². The van der Waals surface area contributed by atoms with E-state index in [-0.39, 0.29) is 0 Å². The third kappa shape index (κ3) is 1.96. The number of phenolic OH excluding ortho intramolecular Hbond substituents is 1. The first-order valence-corrected chi connectivity index (χ1v) is 6.46. The first kappa shape index (κ1) is 11.2. The second-order valence-electron chi connectivity index (χ2n) is 4.09. The van der Waals surface area contributed by atoms with Crippen molar-refractivity contribution in [1.82, 2.24) is 4.98 Å². The zero-order valence-electron chi connectivity index (χ0n) is 9.63. The van der Waals surface area contributed by atoms with Gasteiger partial charge in [-0.3, -0.25) is 4.98 Å². The summed E-state index contributed by atoms with van der Waals surface area (Å²) in [6, 6.07) is 11.4. The van der Waals surface area contributed by atoms with Crippen LogP contribution in [0.15, 0.2) is 42.6 Å². The number of nitrogens with two attached hydrogens (primary N) is 1. The number of fused-ring (bicyclic) bond motifs is 1. The van der Waals surface area contributed by atoms with E-state index in [0.29, 0.717) is 12.3 Å². The first-order valence-electron chi connectivity index (χ1n) is 5.64. The molecule has 3 rings (SSSR count). The molecule has 4 heteroatoms. The second kappa shape index (κ2) is 4.40. The summed E-state index contributed by atoms with van der Waals surface area (Å²) in [6.45, 7) is 0.515. The standard InChI is InChI=1S/C14H12N2OS/c15-8-9-3-4-16-12(5-9)14-6-10-1-2-11(17)7-13(10)18-14/h1-7,17H,8,15H2. The monoisotopic (exact) mass is 256 g/mol. The van der Waals surface area contributed by atoms with Crippen LogP contribution in [-0.2, 0) is 6.54 Å². The predicted molar refractivity (Wildman–Crippen MR) is 74.6 cm³/mol. The summed E-state index contributed by atoms with van der Waals surface area (Å²) in [5.41, 5.74) is 7.63. The van der Waals surface area contributed by atoms with E-state index < -0.39 is 0 Å². The molecule has 0 bridgehead atoms. The van der Waals surface area contributed by atoms with Crippen LogP contribution < -0.4 is 5.73 Å². The minimum atomic E-state index is 0.291. The van der Waals surface area contributed by atoms with Gasteiger partial charge in [0.25, 0.3) is 0 Å². The number of hydrogen-bond donors (Lipinski definition) is 2. The lowest BCUT2D eigenvalue weighted by Crippen LogP contribution is -1.96. The fraction of sp³-hybridized carbons (Fsp3) is 0.0714. The van der Waals surface area contributed by atoms with Gasteiger partial charge in [0.15, 0.2) is 0 Å². The Bertz CT molecular complexity index is 706. The van der Waals surface area contributed by atoms with Gasteiger partial charge in [0.2, 0.25) is 0 Å². The Labute approximate surface area is 109 Å². The summed E-state index contributed by atoms with van der Waals surface area (Å²) in [4.78, 5) is 5.46. The van der Waals surface area contributed by atoms with E-state index >= 15 is 0 Å². The zero-order chi connectivity index (χ0) is 12.5. The lowest BCUT2D eigenvalue weighted by Gasteiger charge is -1.99. The van der Waals surface area contributed by atoms with Gasteiger partial charge in [0.1, 0.15) is 5.75 Å². The Kier molecular flexibility index (Phi) is 2.74. The van der Waals surface area contributed by atoms with Crippen LogP contribution in [0.3, 0.4) is 0 Å². The highest BCUT2D eigenvalue weighted by molar-refractivity contribution is 7.22. The van der Waals surface area contributed by atoms with Gasteiger partial charge in [0, 0.05) is 17.4 Å². The van der Waals surface area contributed by atoms with E-state index in [9.17, 15) is 5.11 Å². The van der Waals surface area contributed by atoms with E-state index in [1.54, 1.807) is 29.7 Å². The van der Waals surface area contributed by atoms with Crippen molar-refractivity contribution in [2.24, 2.45) is 5.73 Å². The van der Waals surface area contributed by atoms with Crippen LogP contribution in [0.4, 0.5) is 0 Å². The van der Waals surface area contributed by atoms with Crippen LogP contribution in [0.5, 0.6) is 5.75 Å². The number of rotatable bonds is 2. The van der Waals surface area contributed by atoms with Gasteiger partial charge in [-0.05, 0) is 47.3 Å². The number of aromatic nitrogens is 1. The molecule has 0 amide bonds. The molecule has 0 aliphatic heterocycles. The molecule has 2 heterocycles. The van der Waals surface area contributed by atoms with Gasteiger partial charge >= 0.3 is 0 Å². The van der Waals surface area contributed by atoms with Crippen LogP contribution in [0.2, 0.25) is 0 Å². The zero-order valence-corrected chi connectivity index (χ0v) is 10.4. The molecule has 90 valence electrons. The molecule has 0 atom stereocenters. The van der Waals surface area contributed by atoms with Crippen molar-refractivity contribution < 1.29 is 5.11 Å². The van der Waals surface area contributed by atoms with Gasteiger partial charge in [-0.1, -0.05) is 0 Å². The molecule has 3 N–H and O–H groups in total. The topological polar surface area (TPSA) is 59.1 Å². The molecule has 0 aliphatic carbocycles. The number of aromatic hydroxyl groups is 1. The van der Waals surface area contributed by atoms with Crippen molar-refractivity contribution >= 4 is 21.4 Å². The molecule has 0 radical (unpaired) electrons. The number of pyridine rings is 1. The molecule has 0 saturated heterocycles. The summed E-state index contributed by atoms with van der Waals surface area (Å²) in [7, 11) is 0. The average molecular weight is 256 g/mol. The van der Waals surface area contributed by atoms with Crippen molar-refractivity contribution in [2.45, 2.75) is 6.54 Å². The maximum atomic E-state index is 9.47. The summed E-state index contributed by atoms with van der Waals surface area (Å²) < 4.78 is 1.06. The first-order chi connectivity index (χ1) is 8.76. The largest absolute Gasteiger partial charge is 0.508 e. The molecule has 2 aromatic heterocycles. The van der Waals surface area contributed by atoms with Crippen LogP contribution in [0, 0.1) is 0 Å². The van der Waals surface area contributed by atoms with Gasteiger partial charge in [-0.25, -0.2) is 0 Å². The molecule has 18 heavy (non-hydrogen) atoms. The van der Waals surface area contributed by atoms with Crippen molar-refractivity contribution in [1.29, 1.82) is 0 Å². The molecule has 3 aromatic rings. The number of benzene rings is 1. The van der Waals surface area contributed by atoms with E-state index in [1.807, 2.05) is 18.2 Å². The Morgan fingerprint density at radius 1 is 1.17 bits per heavy atom. The Morgan fingerprint density at radius 3 is 2.89 bits per heavy atom. The minimum absolute atomic E-state index is 0.291. The Morgan fingerprint density at radius 2 is 2.06 bits per heavy atom. The average Bonchev–Trinajstić information content (AvgIpc) is 2.81. The summed E-state index contributed by atoms with van der Waals surface area (Å²) in [6.07, 6.45) is 1.78. The highest BCUT2D eigenvalue weighted by Gasteiger charge is 2.06. The maximum absolute atomic E-state index is 9.47. The highest BCUT2D eigenvalue weighted by Crippen LogP contribution is 2.34. The maximum Gasteiger partial charge on any atom is 0.117 e. The van der Waals surface area contributed by atoms with Crippen molar-refractivity contribution in [3.8, 4) is 16.3 Å². The summed E-state index contributed by atoms with van der Waals surface area (Å²) >= 11 is 1.62.